The molecule has 0 aliphatic carbocycles. The highest BCUT2D eigenvalue weighted by molar-refractivity contribution is 7.18. The maximum Gasteiger partial charge on any atom is 0.283 e. The number of aliphatic hydroxyl groups is 1. The lowest BCUT2D eigenvalue weighted by Crippen LogP contribution is -2.07. The van der Waals surface area contributed by atoms with Crippen LogP contribution < -0.4 is 0 Å². The molecule has 0 bridgehead atoms. The van der Waals surface area contributed by atoms with E-state index >= 15 is 0 Å². The third-order valence-corrected chi connectivity index (χ3v) is 3.24. The lowest BCUT2D eigenvalue weighted by molar-refractivity contribution is 0.151. The maximum atomic E-state index is 13.2. The topological polar surface area (TPSA) is 46.3 Å². The molecule has 3 nitrogen and oxygen atoms in total. The Balaban J connectivity index is 0.00000211. The number of aliphatic hydroxyl groups excluding tert-OH is 1. The van der Waals surface area contributed by atoms with E-state index in [9.17, 15) is 8.78 Å². The third-order valence-electron chi connectivity index (χ3n) is 2.91. The first kappa shape index (κ1) is 20.5. The van der Waals surface area contributed by atoms with Crippen LogP contribution in [0.2, 0.25) is 0 Å². The van der Waals surface area contributed by atoms with Gasteiger partial charge in [0.15, 0.2) is 0 Å². The molecule has 0 radical (unpaired) electrons. The van der Waals surface area contributed by atoms with Crippen LogP contribution >= 0.6 is 9.24 Å². The SMILES string of the molecule is C#C.C/C=C(\C=C/C(C)c1nc(CCO)c(C)o1)C(F)(F)P. The molecule has 0 amide bonds. The van der Waals surface area contributed by atoms with E-state index in [1.54, 1.807) is 19.9 Å². The number of allylic oxidation sites excluding steroid dienone is 4. The average Bonchev–Trinajstić information content (AvgIpc) is 2.82. The average molecular weight is 329 g/mol. The number of hydrogen-bond donors (Lipinski definition) is 1. The van der Waals surface area contributed by atoms with E-state index < -0.39 is 5.66 Å². The molecule has 0 spiro atoms. The highest BCUT2D eigenvalue weighted by Crippen LogP contribution is 2.32. The fraction of sp³-hybridized carbons (Fsp3) is 0.438. The first-order chi connectivity index (χ1) is 10.3. The summed E-state index contributed by atoms with van der Waals surface area (Å²) in [5.41, 5.74) is -2.32. The highest BCUT2D eigenvalue weighted by Gasteiger charge is 2.25. The van der Waals surface area contributed by atoms with Gasteiger partial charge in [0.05, 0.1) is 11.6 Å². The van der Waals surface area contributed by atoms with Crippen molar-refractivity contribution in [3.8, 4) is 12.8 Å². The van der Waals surface area contributed by atoms with Gasteiger partial charge >= 0.3 is 0 Å². The second kappa shape index (κ2) is 9.50. The van der Waals surface area contributed by atoms with Crippen molar-refractivity contribution in [2.75, 3.05) is 6.61 Å². The molecule has 6 heteroatoms. The molecule has 1 aromatic rings. The van der Waals surface area contributed by atoms with Crippen LogP contribution in [0.3, 0.4) is 0 Å². The van der Waals surface area contributed by atoms with Gasteiger partial charge in [-0.05, 0) is 13.8 Å². The molecule has 1 heterocycles. The fourth-order valence-electron chi connectivity index (χ4n) is 1.71. The molecule has 1 N–H and O–H groups in total. The zero-order valence-electron chi connectivity index (χ0n) is 13.0. The monoisotopic (exact) mass is 329 g/mol. The Labute approximate surface area is 132 Å². The summed E-state index contributed by atoms with van der Waals surface area (Å²) in [6, 6.07) is 0. The van der Waals surface area contributed by atoms with Crippen LogP contribution in [-0.4, -0.2) is 22.4 Å². The number of alkyl halides is 2. The summed E-state index contributed by atoms with van der Waals surface area (Å²) >= 11 is 0. The summed E-state index contributed by atoms with van der Waals surface area (Å²) in [6.45, 7) is 5.15. The zero-order valence-corrected chi connectivity index (χ0v) is 14.2. The molecule has 0 aromatic carbocycles. The van der Waals surface area contributed by atoms with Gasteiger partial charge in [-0.2, -0.15) is 8.78 Å². The number of hydrogen-bond acceptors (Lipinski definition) is 3. The van der Waals surface area contributed by atoms with Crippen molar-refractivity contribution >= 4 is 9.24 Å². The first-order valence-electron chi connectivity index (χ1n) is 6.71. The molecule has 0 saturated heterocycles. The van der Waals surface area contributed by atoms with Gasteiger partial charge in [-0.25, -0.2) is 4.98 Å². The zero-order chi connectivity index (χ0) is 17.3. The molecule has 1 aromatic heterocycles. The number of aryl methyl sites for hydroxylation is 1. The van der Waals surface area contributed by atoms with E-state index in [1.165, 1.54) is 21.4 Å². The van der Waals surface area contributed by atoms with Crippen molar-refractivity contribution in [3.05, 3.63) is 41.1 Å². The number of nitrogens with zero attached hydrogens (tertiary/aromatic N) is 1. The van der Waals surface area contributed by atoms with E-state index in [4.69, 9.17) is 9.52 Å². The Morgan fingerprint density at radius 1 is 1.50 bits per heavy atom. The van der Waals surface area contributed by atoms with Crippen molar-refractivity contribution in [2.45, 2.75) is 38.8 Å². The first-order valence-corrected chi connectivity index (χ1v) is 7.29. The summed E-state index contributed by atoms with van der Waals surface area (Å²) in [6.07, 6.45) is 12.8. The number of oxazole rings is 1. The van der Waals surface area contributed by atoms with Gasteiger partial charge in [0.2, 0.25) is 5.89 Å². The van der Waals surface area contributed by atoms with Gasteiger partial charge < -0.3 is 9.52 Å². The molecule has 0 aliphatic heterocycles. The lowest BCUT2D eigenvalue weighted by atomic mass is 10.1. The Morgan fingerprint density at radius 2 is 2.09 bits per heavy atom. The molecular weight excluding hydrogens is 307 g/mol. The van der Waals surface area contributed by atoms with E-state index in [-0.39, 0.29) is 18.1 Å². The summed E-state index contributed by atoms with van der Waals surface area (Å²) < 4.78 is 31.9. The third kappa shape index (κ3) is 6.09. The summed E-state index contributed by atoms with van der Waals surface area (Å²) in [5.74, 6) is 0.894. The molecular formula is C16H22F2NO2P. The Morgan fingerprint density at radius 3 is 2.55 bits per heavy atom. The number of rotatable bonds is 6. The van der Waals surface area contributed by atoms with Crippen molar-refractivity contribution in [1.82, 2.24) is 4.98 Å². The predicted molar refractivity (Wildman–Crippen MR) is 87.9 cm³/mol. The van der Waals surface area contributed by atoms with Crippen LogP contribution in [0.5, 0.6) is 0 Å². The second-order valence-corrected chi connectivity index (χ2v) is 5.27. The highest BCUT2D eigenvalue weighted by atomic mass is 31.0. The van der Waals surface area contributed by atoms with Crippen molar-refractivity contribution in [1.29, 1.82) is 0 Å². The summed E-state index contributed by atoms with van der Waals surface area (Å²) in [7, 11) is 1.52. The van der Waals surface area contributed by atoms with Gasteiger partial charge in [-0.3, -0.25) is 0 Å². The quantitative estimate of drug-likeness (QED) is 0.490. The van der Waals surface area contributed by atoms with Crippen LogP contribution in [0.25, 0.3) is 0 Å². The van der Waals surface area contributed by atoms with Gasteiger partial charge in [-0.15, -0.1) is 12.8 Å². The molecule has 0 aliphatic rings. The lowest BCUT2D eigenvalue weighted by Gasteiger charge is -2.11. The van der Waals surface area contributed by atoms with Gasteiger partial charge in [0.25, 0.3) is 5.66 Å². The van der Waals surface area contributed by atoms with E-state index in [2.05, 4.69) is 17.8 Å². The Hall–Kier alpha value is -1.50. The normalized spacial score (nSPS) is 13.8. The maximum absolute atomic E-state index is 13.2. The summed E-state index contributed by atoms with van der Waals surface area (Å²) in [5, 5.41) is 8.90. The van der Waals surface area contributed by atoms with E-state index in [0.29, 0.717) is 23.8 Å². The van der Waals surface area contributed by atoms with Crippen molar-refractivity contribution in [3.63, 3.8) is 0 Å². The molecule has 0 saturated carbocycles. The van der Waals surface area contributed by atoms with Crippen molar-refractivity contribution in [2.24, 2.45) is 0 Å². The molecule has 122 valence electrons. The van der Waals surface area contributed by atoms with Crippen LogP contribution in [0.4, 0.5) is 8.78 Å². The largest absolute Gasteiger partial charge is 0.445 e. The number of halogens is 2. The molecule has 1 rings (SSSR count). The minimum Gasteiger partial charge on any atom is -0.445 e. The van der Waals surface area contributed by atoms with E-state index in [1.807, 2.05) is 6.92 Å². The standard InChI is InChI=1S/C14H20F2NO2P.C2H2/c1-4-11(14(15,16)20)6-5-9(2)13-17-12(7-8-18)10(3)19-13;1-2/h4-6,9,18H,7-8,20H2,1-3H3;1-2H/b6-5-,11-4+;. The van der Waals surface area contributed by atoms with Gasteiger partial charge in [0, 0.05) is 18.6 Å². The summed E-state index contributed by atoms with van der Waals surface area (Å²) in [4.78, 5) is 4.28. The van der Waals surface area contributed by atoms with E-state index in [0.717, 1.165) is 0 Å². The van der Waals surface area contributed by atoms with Crippen LogP contribution in [-0.2, 0) is 6.42 Å². The Bertz CT molecular complexity index is 542. The second-order valence-electron chi connectivity index (χ2n) is 4.54. The molecule has 22 heavy (non-hydrogen) atoms. The van der Waals surface area contributed by atoms with Crippen LogP contribution in [0, 0.1) is 19.8 Å². The fourth-order valence-corrected chi connectivity index (χ4v) is 1.98. The number of aromatic nitrogens is 1. The Kier molecular flexibility index (Phi) is 8.86. The van der Waals surface area contributed by atoms with Crippen LogP contribution in [0.15, 0.2) is 28.2 Å². The predicted octanol–water partition coefficient (Wildman–Crippen LogP) is 3.84. The smallest absolute Gasteiger partial charge is 0.283 e. The molecule has 2 atom stereocenters. The van der Waals surface area contributed by atoms with Crippen LogP contribution in [0.1, 0.15) is 37.1 Å². The molecule has 2 unspecified atom stereocenters. The minimum absolute atomic E-state index is 0.000958. The van der Waals surface area contributed by atoms with Gasteiger partial charge in [-0.1, -0.05) is 34.4 Å². The van der Waals surface area contributed by atoms with Crippen molar-refractivity contribution < 1.29 is 18.3 Å². The minimum atomic E-state index is -2.94. The molecule has 0 fully saturated rings. The number of terminal acetylenes is 1. The van der Waals surface area contributed by atoms with Gasteiger partial charge in [0.1, 0.15) is 5.76 Å².